The summed E-state index contributed by atoms with van der Waals surface area (Å²) in [6.07, 6.45) is 1.80. The molecular formula is C12H24N2O5. The summed E-state index contributed by atoms with van der Waals surface area (Å²) in [5.41, 5.74) is 0. The maximum Gasteiger partial charge on any atom is 0.326 e. The average Bonchev–Trinajstić information content (AvgIpc) is 2.38. The van der Waals surface area contributed by atoms with Crippen LogP contribution < -0.4 is 10.6 Å². The van der Waals surface area contributed by atoms with Crippen molar-refractivity contribution < 1.29 is 24.2 Å². The number of hydrogen-bond donors (Lipinski definition) is 3. The Labute approximate surface area is 113 Å². The monoisotopic (exact) mass is 276 g/mol. The topological polar surface area (TPSA) is 96.9 Å². The maximum absolute atomic E-state index is 11.6. The second kappa shape index (κ2) is 10.6. The van der Waals surface area contributed by atoms with Gasteiger partial charge in [0.25, 0.3) is 0 Å². The van der Waals surface area contributed by atoms with Crippen LogP contribution in [0.2, 0.25) is 0 Å². The van der Waals surface area contributed by atoms with Gasteiger partial charge in [-0.2, -0.15) is 0 Å². The number of amides is 2. The Bertz CT molecular complexity index is 273. The minimum Gasteiger partial charge on any atom is -0.480 e. The molecule has 0 aromatic carbocycles. The Morgan fingerprint density at radius 3 is 2.47 bits per heavy atom. The standard InChI is InChI=1S/C12H24N2O5/c1-4-5-6-10(11(15)16)14-12(17)13-7-9(19-3)8-18-2/h9-10H,4-8H2,1-3H3,(H,15,16)(H2,13,14,17)/t9?,10-/m0/s1. The number of carboxylic acid groups (broad SMARTS) is 1. The molecule has 7 nitrogen and oxygen atoms in total. The van der Waals surface area contributed by atoms with Crippen LogP contribution in [0.5, 0.6) is 0 Å². The number of nitrogens with one attached hydrogen (secondary N) is 2. The molecule has 7 heteroatoms. The maximum atomic E-state index is 11.6. The zero-order valence-corrected chi connectivity index (χ0v) is 11.8. The van der Waals surface area contributed by atoms with Crippen molar-refractivity contribution in [3.05, 3.63) is 0 Å². The van der Waals surface area contributed by atoms with E-state index in [-0.39, 0.29) is 12.6 Å². The van der Waals surface area contributed by atoms with Crippen molar-refractivity contribution in [3.63, 3.8) is 0 Å². The summed E-state index contributed by atoms with van der Waals surface area (Å²) in [7, 11) is 3.06. The summed E-state index contributed by atoms with van der Waals surface area (Å²) in [6.45, 7) is 2.58. The van der Waals surface area contributed by atoms with Gasteiger partial charge in [-0.05, 0) is 6.42 Å². The molecule has 0 fully saturated rings. The Morgan fingerprint density at radius 1 is 1.32 bits per heavy atom. The lowest BCUT2D eigenvalue weighted by Gasteiger charge is -2.18. The van der Waals surface area contributed by atoms with Gasteiger partial charge in [-0.1, -0.05) is 19.8 Å². The molecular weight excluding hydrogens is 252 g/mol. The number of carboxylic acids is 1. The van der Waals surface area contributed by atoms with Crippen LogP contribution in [0.1, 0.15) is 26.2 Å². The summed E-state index contributed by atoms with van der Waals surface area (Å²) in [5, 5.41) is 14.0. The molecule has 2 amide bonds. The molecule has 2 atom stereocenters. The van der Waals surface area contributed by atoms with Crippen LogP contribution in [0.3, 0.4) is 0 Å². The highest BCUT2D eigenvalue weighted by atomic mass is 16.5. The molecule has 0 radical (unpaired) electrons. The molecule has 0 heterocycles. The number of unbranched alkanes of at least 4 members (excludes halogenated alkanes) is 1. The highest BCUT2D eigenvalue weighted by Gasteiger charge is 2.19. The third kappa shape index (κ3) is 8.39. The fourth-order valence-corrected chi connectivity index (χ4v) is 1.48. The van der Waals surface area contributed by atoms with E-state index in [4.69, 9.17) is 14.6 Å². The minimum absolute atomic E-state index is 0.255. The van der Waals surface area contributed by atoms with Gasteiger partial charge in [0, 0.05) is 20.8 Å². The molecule has 0 aromatic heterocycles. The predicted molar refractivity (Wildman–Crippen MR) is 70.2 cm³/mol. The first-order valence-electron chi connectivity index (χ1n) is 6.34. The SMILES string of the molecule is CCCC[C@H](NC(=O)NCC(COC)OC)C(=O)O. The second-order valence-corrected chi connectivity index (χ2v) is 4.20. The van der Waals surface area contributed by atoms with Crippen molar-refractivity contribution >= 4 is 12.0 Å². The molecule has 0 bridgehead atoms. The quantitative estimate of drug-likeness (QED) is 0.542. The number of carbonyl (C=O) groups excluding carboxylic acids is 1. The van der Waals surface area contributed by atoms with Crippen LogP contribution in [0, 0.1) is 0 Å². The van der Waals surface area contributed by atoms with E-state index in [1.807, 2.05) is 6.92 Å². The number of carbonyl (C=O) groups is 2. The van der Waals surface area contributed by atoms with Crippen molar-refractivity contribution in [3.8, 4) is 0 Å². The molecule has 1 unspecified atom stereocenters. The van der Waals surface area contributed by atoms with Crippen LogP contribution in [0.25, 0.3) is 0 Å². The molecule has 0 aromatic rings. The van der Waals surface area contributed by atoms with E-state index in [0.717, 1.165) is 12.8 Å². The molecule has 0 spiro atoms. The molecule has 112 valence electrons. The number of methoxy groups -OCH3 is 2. The number of ether oxygens (including phenoxy) is 2. The van der Waals surface area contributed by atoms with E-state index in [2.05, 4.69) is 10.6 Å². The summed E-state index contributed by atoms with van der Waals surface area (Å²) in [5.74, 6) is -1.02. The molecule has 19 heavy (non-hydrogen) atoms. The molecule has 0 rings (SSSR count). The first-order valence-corrected chi connectivity index (χ1v) is 6.34. The average molecular weight is 276 g/mol. The first-order chi connectivity index (χ1) is 9.04. The van der Waals surface area contributed by atoms with Crippen molar-refractivity contribution in [2.45, 2.75) is 38.3 Å². The van der Waals surface area contributed by atoms with Crippen molar-refractivity contribution in [2.24, 2.45) is 0 Å². The Morgan fingerprint density at radius 2 is 2.00 bits per heavy atom. The zero-order chi connectivity index (χ0) is 14.7. The van der Waals surface area contributed by atoms with Gasteiger partial charge < -0.3 is 25.2 Å². The van der Waals surface area contributed by atoms with Gasteiger partial charge in [0.2, 0.25) is 0 Å². The van der Waals surface area contributed by atoms with Crippen LogP contribution in [0.4, 0.5) is 4.79 Å². The van der Waals surface area contributed by atoms with Gasteiger partial charge >= 0.3 is 12.0 Å². The third-order valence-electron chi connectivity index (χ3n) is 2.63. The summed E-state index contributed by atoms with van der Waals surface area (Å²) in [6, 6.07) is -1.37. The smallest absolute Gasteiger partial charge is 0.326 e. The Kier molecular flexibility index (Phi) is 9.82. The highest BCUT2D eigenvalue weighted by Crippen LogP contribution is 2.00. The summed E-state index contributed by atoms with van der Waals surface area (Å²) < 4.78 is 9.98. The largest absolute Gasteiger partial charge is 0.480 e. The lowest BCUT2D eigenvalue weighted by molar-refractivity contribution is -0.139. The second-order valence-electron chi connectivity index (χ2n) is 4.20. The van der Waals surface area contributed by atoms with Gasteiger partial charge in [0.15, 0.2) is 0 Å². The van der Waals surface area contributed by atoms with Crippen LogP contribution in [-0.4, -0.2) is 56.6 Å². The van der Waals surface area contributed by atoms with Crippen molar-refractivity contribution in [1.29, 1.82) is 0 Å². The van der Waals surface area contributed by atoms with E-state index >= 15 is 0 Å². The van der Waals surface area contributed by atoms with E-state index < -0.39 is 18.0 Å². The van der Waals surface area contributed by atoms with E-state index in [1.54, 1.807) is 0 Å². The normalized spacial score (nSPS) is 13.6. The third-order valence-corrected chi connectivity index (χ3v) is 2.63. The van der Waals surface area contributed by atoms with Crippen LogP contribution in [0.15, 0.2) is 0 Å². The zero-order valence-electron chi connectivity index (χ0n) is 11.8. The molecule has 0 aliphatic carbocycles. The van der Waals surface area contributed by atoms with Gasteiger partial charge in [-0.3, -0.25) is 0 Å². The predicted octanol–water partition coefficient (Wildman–Crippen LogP) is 0.590. The number of urea groups is 1. The van der Waals surface area contributed by atoms with Gasteiger partial charge in [-0.15, -0.1) is 0 Å². The first kappa shape index (κ1) is 17.7. The Hall–Kier alpha value is -1.34. The lowest BCUT2D eigenvalue weighted by Crippen LogP contribution is -2.48. The van der Waals surface area contributed by atoms with Gasteiger partial charge in [-0.25, -0.2) is 9.59 Å². The Balaban J connectivity index is 4.07. The van der Waals surface area contributed by atoms with Crippen LogP contribution in [-0.2, 0) is 14.3 Å². The van der Waals surface area contributed by atoms with E-state index in [0.29, 0.717) is 13.0 Å². The van der Waals surface area contributed by atoms with E-state index in [9.17, 15) is 9.59 Å². The summed E-state index contributed by atoms with van der Waals surface area (Å²) in [4.78, 5) is 22.5. The number of rotatable bonds is 10. The summed E-state index contributed by atoms with van der Waals surface area (Å²) >= 11 is 0. The van der Waals surface area contributed by atoms with E-state index in [1.165, 1.54) is 14.2 Å². The number of hydrogen-bond acceptors (Lipinski definition) is 4. The molecule has 0 aliphatic heterocycles. The van der Waals surface area contributed by atoms with Crippen molar-refractivity contribution in [1.82, 2.24) is 10.6 Å². The minimum atomic E-state index is -1.02. The fourth-order valence-electron chi connectivity index (χ4n) is 1.48. The van der Waals surface area contributed by atoms with Crippen LogP contribution >= 0.6 is 0 Å². The number of aliphatic carboxylic acids is 1. The molecule has 0 saturated carbocycles. The fraction of sp³-hybridized carbons (Fsp3) is 0.833. The van der Waals surface area contributed by atoms with Crippen molar-refractivity contribution in [2.75, 3.05) is 27.4 Å². The van der Waals surface area contributed by atoms with Gasteiger partial charge in [0.1, 0.15) is 6.04 Å². The molecule has 0 saturated heterocycles. The molecule has 3 N–H and O–H groups in total. The lowest BCUT2D eigenvalue weighted by atomic mass is 10.1. The molecule has 0 aliphatic rings. The highest BCUT2D eigenvalue weighted by molar-refractivity contribution is 5.82. The van der Waals surface area contributed by atoms with Gasteiger partial charge in [0.05, 0.1) is 12.7 Å².